The molecule has 0 saturated heterocycles. The van der Waals surface area contributed by atoms with Gasteiger partial charge in [-0.15, -0.1) is 0 Å². The van der Waals surface area contributed by atoms with Gasteiger partial charge in [-0.2, -0.15) is 4.98 Å². The molecule has 4 aromatic rings. The predicted molar refractivity (Wildman–Crippen MR) is 88.6 cm³/mol. The average molecular weight is 321 g/mol. The summed E-state index contributed by atoms with van der Waals surface area (Å²) < 4.78 is 16.3. The summed E-state index contributed by atoms with van der Waals surface area (Å²) in [5, 5.41) is 5.05. The van der Waals surface area contributed by atoms with Crippen molar-refractivity contribution in [3.05, 3.63) is 48.2 Å². The van der Waals surface area contributed by atoms with Crippen LogP contribution in [0.5, 0.6) is 5.88 Å². The molecule has 1 aromatic carbocycles. The molecule has 24 heavy (non-hydrogen) atoms. The van der Waals surface area contributed by atoms with Gasteiger partial charge < -0.3 is 13.7 Å². The van der Waals surface area contributed by atoms with E-state index in [9.17, 15) is 0 Å². The quantitative estimate of drug-likeness (QED) is 0.559. The SMILES string of the molecule is CCOc1nc2c(C)cccc2cc1-c1noc(-c2ccco2)n1. The van der Waals surface area contributed by atoms with Crippen LogP contribution in [0.15, 0.2) is 51.6 Å². The minimum atomic E-state index is 0.321. The van der Waals surface area contributed by atoms with Crippen molar-refractivity contribution in [2.75, 3.05) is 6.61 Å². The highest BCUT2D eigenvalue weighted by Crippen LogP contribution is 2.32. The van der Waals surface area contributed by atoms with Gasteiger partial charge in [0.15, 0.2) is 5.76 Å². The standard InChI is InChI=1S/C18H15N3O3/c1-3-22-17-13(10-12-7-4-6-11(2)15(12)19-17)16-20-18(24-21-16)14-8-5-9-23-14/h4-10H,3H2,1-2H3. The molecule has 0 bridgehead atoms. The van der Waals surface area contributed by atoms with E-state index in [0.29, 0.717) is 35.5 Å². The van der Waals surface area contributed by atoms with E-state index in [1.807, 2.05) is 38.1 Å². The number of hydrogen-bond donors (Lipinski definition) is 0. The van der Waals surface area contributed by atoms with E-state index in [1.165, 1.54) is 0 Å². The molecule has 6 heteroatoms. The fourth-order valence-corrected chi connectivity index (χ4v) is 2.57. The third kappa shape index (κ3) is 2.42. The largest absolute Gasteiger partial charge is 0.477 e. The number of benzene rings is 1. The molecule has 120 valence electrons. The summed E-state index contributed by atoms with van der Waals surface area (Å²) in [6, 6.07) is 11.5. The van der Waals surface area contributed by atoms with Crippen molar-refractivity contribution < 1.29 is 13.7 Å². The molecule has 0 aliphatic rings. The molecule has 6 nitrogen and oxygen atoms in total. The van der Waals surface area contributed by atoms with Crippen LogP contribution in [-0.4, -0.2) is 21.7 Å². The number of rotatable bonds is 4. The molecule has 0 aliphatic heterocycles. The van der Waals surface area contributed by atoms with Crippen LogP contribution in [0, 0.1) is 6.92 Å². The Hall–Kier alpha value is -3.15. The summed E-state index contributed by atoms with van der Waals surface area (Å²) in [4.78, 5) is 9.05. The van der Waals surface area contributed by atoms with Crippen LogP contribution in [0.1, 0.15) is 12.5 Å². The lowest BCUT2D eigenvalue weighted by Gasteiger charge is -2.09. The summed E-state index contributed by atoms with van der Waals surface area (Å²) in [5.41, 5.74) is 2.68. The maximum atomic E-state index is 5.70. The van der Waals surface area contributed by atoms with E-state index in [2.05, 4.69) is 15.1 Å². The minimum Gasteiger partial charge on any atom is -0.477 e. The third-order valence-electron chi connectivity index (χ3n) is 3.69. The molecular weight excluding hydrogens is 306 g/mol. The van der Waals surface area contributed by atoms with Gasteiger partial charge in [-0.1, -0.05) is 23.4 Å². The molecule has 0 atom stereocenters. The van der Waals surface area contributed by atoms with E-state index in [-0.39, 0.29) is 0 Å². The number of nitrogens with zero attached hydrogens (tertiary/aromatic N) is 3. The van der Waals surface area contributed by atoms with Gasteiger partial charge in [0, 0.05) is 5.39 Å². The predicted octanol–water partition coefficient (Wildman–Crippen LogP) is 4.25. The first-order chi connectivity index (χ1) is 11.8. The Labute approximate surface area is 138 Å². The number of aromatic nitrogens is 3. The van der Waals surface area contributed by atoms with Crippen molar-refractivity contribution in [2.45, 2.75) is 13.8 Å². The Morgan fingerprint density at radius 1 is 1.12 bits per heavy atom. The number of para-hydroxylation sites is 1. The number of aryl methyl sites for hydroxylation is 1. The smallest absolute Gasteiger partial charge is 0.293 e. The summed E-state index contributed by atoms with van der Waals surface area (Å²) in [5.74, 6) is 1.75. The van der Waals surface area contributed by atoms with Crippen molar-refractivity contribution in [3.63, 3.8) is 0 Å². The van der Waals surface area contributed by atoms with Crippen molar-refractivity contribution in [3.8, 4) is 28.9 Å². The lowest BCUT2D eigenvalue weighted by molar-refractivity contribution is 0.329. The van der Waals surface area contributed by atoms with Gasteiger partial charge >= 0.3 is 0 Å². The second-order valence-corrected chi connectivity index (χ2v) is 5.32. The Bertz CT molecular complexity index is 990. The number of pyridine rings is 1. The van der Waals surface area contributed by atoms with Crippen LogP contribution in [0.25, 0.3) is 33.9 Å². The van der Waals surface area contributed by atoms with Crippen LogP contribution in [0.2, 0.25) is 0 Å². The number of furan rings is 1. The summed E-state index contributed by atoms with van der Waals surface area (Å²) in [6.07, 6.45) is 1.56. The second-order valence-electron chi connectivity index (χ2n) is 5.32. The zero-order valence-electron chi connectivity index (χ0n) is 13.3. The Morgan fingerprint density at radius 2 is 2.04 bits per heavy atom. The molecule has 0 amide bonds. The van der Waals surface area contributed by atoms with Crippen molar-refractivity contribution in [1.29, 1.82) is 0 Å². The van der Waals surface area contributed by atoms with Gasteiger partial charge in [0.25, 0.3) is 5.89 Å². The van der Waals surface area contributed by atoms with E-state index in [0.717, 1.165) is 16.5 Å². The maximum Gasteiger partial charge on any atom is 0.293 e. The lowest BCUT2D eigenvalue weighted by atomic mass is 10.1. The fourth-order valence-electron chi connectivity index (χ4n) is 2.57. The lowest BCUT2D eigenvalue weighted by Crippen LogP contribution is -1.99. The fraction of sp³-hybridized carbons (Fsp3) is 0.167. The second kappa shape index (κ2) is 5.81. The van der Waals surface area contributed by atoms with Crippen LogP contribution >= 0.6 is 0 Å². The molecule has 4 rings (SSSR count). The molecule has 3 aromatic heterocycles. The van der Waals surface area contributed by atoms with Crippen molar-refractivity contribution in [2.24, 2.45) is 0 Å². The molecule has 0 spiro atoms. The highest BCUT2D eigenvalue weighted by Gasteiger charge is 2.18. The van der Waals surface area contributed by atoms with Crippen LogP contribution < -0.4 is 4.74 Å². The minimum absolute atomic E-state index is 0.321. The van der Waals surface area contributed by atoms with Crippen LogP contribution in [-0.2, 0) is 0 Å². The molecule has 0 N–H and O–H groups in total. The normalized spacial score (nSPS) is 11.1. The first-order valence-corrected chi connectivity index (χ1v) is 7.67. The highest BCUT2D eigenvalue weighted by molar-refractivity contribution is 5.87. The maximum absolute atomic E-state index is 5.70. The molecular formula is C18H15N3O3. The number of ether oxygens (including phenoxy) is 1. The summed E-state index contributed by atoms with van der Waals surface area (Å²) in [6.45, 7) is 4.44. The Morgan fingerprint density at radius 3 is 2.83 bits per heavy atom. The Balaban J connectivity index is 1.87. The number of fused-ring (bicyclic) bond motifs is 1. The van der Waals surface area contributed by atoms with Gasteiger partial charge in [-0.25, -0.2) is 4.98 Å². The van der Waals surface area contributed by atoms with Crippen LogP contribution in [0.3, 0.4) is 0 Å². The van der Waals surface area contributed by atoms with Crippen molar-refractivity contribution >= 4 is 10.9 Å². The van der Waals surface area contributed by atoms with Crippen molar-refractivity contribution in [1.82, 2.24) is 15.1 Å². The van der Waals surface area contributed by atoms with E-state index in [1.54, 1.807) is 18.4 Å². The van der Waals surface area contributed by atoms with Gasteiger partial charge in [0.2, 0.25) is 11.7 Å². The van der Waals surface area contributed by atoms with Crippen LogP contribution in [0.4, 0.5) is 0 Å². The zero-order chi connectivity index (χ0) is 16.5. The van der Waals surface area contributed by atoms with E-state index in [4.69, 9.17) is 13.7 Å². The third-order valence-corrected chi connectivity index (χ3v) is 3.69. The molecule has 0 unspecified atom stereocenters. The number of hydrogen-bond acceptors (Lipinski definition) is 6. The monoisotopic (exact) mass is 321 g/mol. The van der Waals surface area contributed by atoms with Gasteiger partial charge in [0.1, 0.15) is 0 Å². The molecule has 0 radical (unpaired) electrons. The Kier molecular flexibility index (Phi) is 3.49. The van der Waals surface area contributed by atoms with Gasteiger partial charge in [-0.3, -0.25) is 0 Å². The molecule has 0 fully saturated rings. The zero-order valence-corrected chi connectivity index (χ0v) is 13.3. The first-order valence-electron chi connectivity index (χ1n) is 7.67. The summed E-state index contributed by atoms with van der Waals surface area (Å²) >= 11 is 0. The van der Waals surface area contributed by atoms with Gasteiger partial charge in [-0.05, 0) is 37.6 Å². The van der Waals surface area contributed by atoms with E-state index >= 15 is 0 Å². The molecule has 0 saturated carbocycles. The first kappa shape index (κ1) is 14.4. The highest BCUT2D eigenvalue weighted by atomic mass is 16.5. The van der Waals surface area contributed by atoms with E-state index < -0.39 is 0 Å². The average Bonchev–Trinajstić information content (AvgIpc) is 3.27. The topological polar surface area (TPSA) is 74.2 Å². The van der Waals surface area contributed by atoms with Gasteiger partial charge in [0.05, 0.1) is 24.0 Å². The molecule has 0 aliphatic carbocycles. The summed E-state index contributed by atoms with van der Waals surface area (Å²) in [7, 11) is 0. The molecule has 3 heterocycles.